The third-order valence-corrected chi connectivity index (χ3v) is 5.02. The van der Waals surface area contributed by atoms with E-state index in [-0.39, 0.29) is 18.6 Å². The molecule has 1 rings (SSSR count). The number of carbonyl (C=O) groups is 5. The van der Waals surface area contributed by atoms with E-state index in [9.17, 15) is 34.2 Å². The zero-order chi connectivity index (χ0) is 26.5. The van der Waals surface area contributed by atoms with Crippen LogP contribution in [0.5, 0.6) is 5.75 Å². The fraction of sp³-hybridized carbons (Fsp3) is 0.500. The second-order valence-corrected chi connectivity index (χ2v) is 8.14. The third kappa shape index (κ3) is 10.8. The van der Waals surface area contributed by atoms with Gasteiger partial charge in [-0.1, -0.05) is 12.1 Å². The average molecular weight is 495 g/mol. The van der Waals surface area contributed by atoms with E-state index in [1.807, 2.05) is 0 Å². The Labute approximate surface area is 202 Å². The lowest BCUT2D eigenvalue weighted by Crippen LogP contribution is -2.57. The van der Waals surface area contributed by atoms with Crippen LogP contribution < -0.4 is 33.2 Å². The van der Waals surface area contributed by atoms with E-state index in [2.05, 4.69) is 16.0 Å². The Hall–Kier alpha value is -3.71. The first-order valence-electron chi connectivity index (χ1n) is 11.1. The Balaban J connectivity index is 3.08. The lowest BCUT2D eigenvalue weighted by Gasteiger charge is -2.25. The van der Waals surface area contributed by atoms with Crippen LogP contribution in [0.4, 0.5) is 0 Å². The Morgan fingerprint density at radius 2 is 1.43 bits per heavy atom. The number of benzene rings is 1. The summed E-state index contributed by atoms with van der Waals surface area (Å²) in [4.78, 5) is 60.7. The molecule has 0 spiro atoms. The first kappa shape index (κ1) is 29.3. The summed E-state index contributed by atoms with van der Waals surface area (Å²) in [5.74, 6) is -4.49. The number of hydrogen-bond acceptors (Lipinski definition) is 8. The van der Waals surface area contributed by atoms with Gasteiger partial charge in [-0.25, -0.2) is 4.79 Å². The molecule has 0 aromatic heterocycles. The summed E-state index contributed by atoms with van der Waals surface area (Å²) in [7, 11) is 0. The molecule has 1 aromatic rings. The van der Waals surface area contributed by atoms with Crippen molar-refractivity contribution in [3.05, 3.63) is 29.8 Å². The van der Waals surface area contributed by atoms with Crippen molar-refractivity contribution in [2.45, 2.75) is 63.2 Å². The molecule has 0 fully saturated rings. The van der Waals surface area contributed by atoms with Crippen molar-refractivity contribution in [3.63, 3.8) is 0 Å². The fourth-order valence-corrected chi connectivity index (χ4v) is 3.09. The Morgan fingerprint density at radius 1 is 0.886 bits per heavy atom. The number of unbranched alkanes of at least 4 members (excludes halogenated alkanes) is 1. The molecule has 0 bridgehead atoms. The summed E-state index contributed by atoms with van der Waals surface area (Å²) in [6.07, 6.45) is 0.517. The molecule has 4 amide bonds. The van der Waals surface area contributed by atoms with Crippen molar-refractivity contribution in [2.75, 3.05) is 6.54 Å². The lowest BCUT2D eigenvalue weighted by molar-refractivity contribution is -0.143. The average Bonchev–Trinajstić information content (AvgIpc) is 2.78. The number of phenols is 1. The van der Waals surface area contributed by atoms with E-state index < -0.39 is 60.2 Å². The molecule has 11 N–H and O–H groups in total. The van der Waals surface area contributed by atoms with E-state index in [0.717, 1.165) is 0 Å². The molecule has 0 heterocycles. The standard InChI is InChI=1S/C22H34N6O7/c1-12(24)19(31)27-16(10-13-5-7-14(29)8-6-13)21(33)26-15(4-2-3-9-23)20(32)28-17(22(34)35)11-18(25)30/h5-8,12,15-17,29H,2-4,9-11,23-24H2,1H3,(H2,25,30)(H,26,33)(H,27,31)(H,28,32)(H,34,35). The molecular formula is C22H34N6O7. The van der Waals surface area contributed by atoms with Crippen molar-refractivity contribution in [1.29, 1.82) is 0 Å². The highest BCUT2D eigenvalue weighted by atomic mass is 16.4. The number of carbonyl (C=O) groups excluding carboxylic acids is 4. The van der Waals surface area contributed by atoms with Gasteiger partial charge in [-0.05, 0) is 50.4 Å². The van der Waals surface area contributed by atoms with Crippen LogP contribution in [-0.4, -0.2) is 70.5 Å². The lowest BCUT2D eigenvalue weighted by atomic mass is 10.0. The number of nitrogens with one attached hydrogen (secondary N) is 3. The van der Waals surface area contributed by atoms with Gasteiger partial charge in [-0.2, -0.15) is 0 Å². The Kier molecular flexibility index (Phi) is 12.2. The second kappa shape index (κ2) is 14.5. The smallest absolute Gasteiger partial charge is 0.326 e. The number of primary amides is 1. The van der Waals surface area contributed by atoms with Gasteiger partial charge in [0, 0.05) is 6.42 Å². The number of amides is 4. The highest BCUT2D eigenvalue weighted by molar-refractivity contribution is 5.94. The van der Waals surface area contributed by atoms with E-state index in [4.69, 9.17) is 17.2 Å². The van der Waals surface area contributed by atoms with Gasteiger partial charge >= 0.3 is 5.97 Å². The maximum absolute atomic E-state index is 13.1. The van der Waals surface area contributed by atoms with Gasteiger partial charge in [0.15, 0.2) is 0 Å². The van der Waals surface area contributed by atoms with Crippen molar-refractivity contribution < 1.29 is 34.2 Å². The highest BCUT2D eigenvalue weighted by Gasteiger charge is 2.30. The van der Waals surface area contributed by atoms with Crippen LogP contribution in [0.2, 0.25) is 0 Å². The van der Waals surface area contributed by atoms with Gasteiger partial charge in [0.1, 0.15) is 23.9 Å². The molecule has 13 nitrogen and oxygen atoms in total. The molecule has 0 aliphatic carbocycles. The molecule has 0 aliphatic heterocycles. The summed E-state index contributed by atoms with van der Waals surface area (Å²) < 4.78 is 0. The maximum Gasteiger partial charge on any atom is 0.326 e. The maximum atomic E-state index is 13.1. The number of carboxylic acids is 1. The monoisotopic (exact) mass is 494 g/mol. The van der Waals surface area contributed by atoms with Crippen LogP contribution in [0.15, 0.2) is 24.3 Å². The summed E-state index contributed by atoms with van der Waals surface area (Å²) in [5, 5.41) is 26.0. The van der Waals surface area contributed by atoms with Crippen molar-refractivity contribution in [2.24, 2.45) is 17.2 Å². The van der Waals surface area contributed by atoms with Crippen LogP contribution in [-0.2, 0) is 30.4 Å². The van der Waals surface area contributed by atoms with Crippen molar-refractivity contribution in [3.8, 4) is 5.75 Å². The molecule has 0 aliphatic rings. The fourth-order valence-electron chi connectivity index (χ4n) is 3.09. The van der Waals surface area contributed by atoms with E-state index >= 15 is 0 Å². The topological polar surface area (TPSA) is 240 Å². The Morgan fingerprint density at radius 3 is 1.94 bits per heavy atom. The van der Waals surface area contributed by atoms with E-state index in [1.54, 1.807) is 12.1 Å². The van der Waals surface area contributed by atoms with Gasteiger partial charge < -0.3 is 43.4 Å². The molecular weight excluding hydrogens is 460 g/mol. The van der Waals surface area contributed by atoms with Crippen LogP contribution in [0.25, 0.3) is 0 Å². The summed E-state index contributed by atoms with van der Waals surface area (Å²) >= 11 is 0. The predicted molar refractivity (Wildman–Crippen MR) is 126 cm³/mol. The SMILES string of the molecule is CC(N)C(=O)NC(Cc1ccc(O)cc1)C(=O)NC(CCCCN)C(=O)NC(CC(N)=O)C(=O)O. The normalized spacial score (nSPS) is 14.1. The largest absolute Gasteiger partial charge is 0.508 e. The molecule has 194 valence electrons. The quantitative estimate of drug-likeness (QED) is 0.123. The number of aromatic hydroxyl groups is 1. The molecule has 0 saturated carbocycles. The molecule has 0 saturated heterocycles. The minimum atomic E-state index is -1.57. The minimum Gasteiger partial charge on any atom is -0.508 e. The van der Waals surface area contributed by atoms with Crippen molar-refractivity contribution in [1.82, 2.24) is 16.0 Å². The third-order valence-electron chi connectivity index (χ3n) is 5.02. The minimum absolute atomic E-state index is 0.0231. The van der Waals surface area contributed by atoms with E-state index in [0.29, 0.717) is 24.9 Å². The van der Waals surface area contributed by atoms with Crippen LogP contribution in [0.1, 0.15) is 38.2 Å². The summed E-state index contributed by atoms with van der Waals surface area (Å²) in [6, 6.07) is 1.22. The summed E-state index contributed by atoms with van der Waals surface area (Å²) in [6.45, 7) is 1.79. The molecule has 13 heteroatoms. The molecule has 1 aromatic carbocycles. The number of nitrogens with two attached hydrogens (primary N) is 3. The second-order valence-electron chi connectivity index (χ2n) is 8.14. The van der Waals surface area contributed by atoms with Crippen LogP contribution in [0.3, 0.4) is 0 Å². The predicted octanol–water partition coefficient (Wildman–Crippen LogP) is -2.17. The zero-order valence-electron chi connectivity index (χ0n) is 19.5. The van der Waals surface area contributed by atoms with Gasteiger partial charge in [-0.15, -0.1) is 0 Å². The molecule has 35 heavy (non-hydrogen) atoms. The number of phenolic OH excluding ortho intramolecular Hbond substituents is 1. The first-order chi connectivity index (χ1) is 16.4. The Bertz CT molecular complexity index is 891. The molecule has 4 unspecified atom stereocenters. The van der Waals surface area contributed by atoms with Crippen LogP contribution >= 0.6 is 0 Å². The van der Waals surface area contributed by atoms with Gasteiger partial charge in [0.2, 0.25) is 23.6 Å². The van der Waals surface area contributed by atoms with Crippen molar-refractivity contribution >= 4 is 29.6 Å². The number of rotatable bonds is 15. The number of aliphatic carboxylic acids is 1. The van der Waals surface area contributed by atoms with Gasteiger partial charge in [0.05, 0.1) is 12.5 Å². The highest BCUT2D eigenvalue weighted by Crippen LogP contribution is 2.12. The van der Waals surface area contributed by atoms with Crippen LogP contribution in [0, 0.1) is 0 Å². The molecule has 4 atom stereocenters. The van der Waals surface area contributed by atoms with E-state index in [1.165, 1.54) is 19.1 Å². The molecule has 0 radical (unpaired) electrons. The van der Waals surface area contributed by atoms with Gasteiger partial charge in [-0.3, -0.25) is 19.2 Å². The summed E-state index contributed by atoms with van der Waals surface area (Å²) in [5.41, 5.74) is 16.8. The first-order valence-corrected chi connectivity index (χ1v) is 11.1. The van der Waals surface area contributed by atoms with Gasteiger partial charge in [0.25, 0.3) is 0 Å². The zero-order valence-corrected chi connectivity index (χ0v) is 19.5. The number of hydrogen-bond donors (Lipinski definition) is 8. The number of carboxylic acid groups (broad SMARTS) is 1.